The molecule has 0 unspecified atom stereocenters. The Labute approximate surface area is 102 Å². The van der Waals surface area contributed by atoms with E-state index in [9.17, 15) is 8.42 Å². The molecule has 15 heavy (non-hydrogen) atoms. The first-order valence-electron chi connectivity index (χ1n) is 4.00. The van der Waals surface area contributed by atoms with E-state index < -0.39 is 10.0 Å². The zero-order valence-electron chi connectivity index (χ0n) is 8.77. The van der Waals surface area contributed by atoms with Gasteiger partial charge in [-0.1, -0.05) is 24.2 Å². The standard InChI is InChI=1S/C10H10NO2S.Li/c1-3-8-11-14(12,13)10-6-4-9(2)5-7-10;/h1,4-7H,8H2,2H3;/q-1;+1. The number of terminal acetylenes is 1. The van der Waals surface area contributed by atoms with E-state index in [2.05, 4.69) is 10.6 Å². The van der Waals surface area contributed by atoms with Gasteiger partial charge in [-0.25, -0.2) is 8.42 Å². The summed E-state index contributed by atoms with van der Waals surface area (Å²) in [6.45, 7) is 1.77. The van der Waals surface area contributed by atoms with Crippen LogP contribution < -0.4 is 18.9 Å². The zero-order valence-corrected chi connectivity index (χ0v) is 9.58. The first kappa shape index (κ1) is 14.3. The molecule has 0 saturated heterocycles. The Kier molecular flexibility index (Phi) is 5.71. The molecule has 1 aromatic carbocycles. The number of hydrogen-bond donors (Lipinski definition) is 0. The van der Waals surface area contributed by atoms with Crippen molar-refractivity contribution in [2.75, 3.05) is 6.54 Å². The first-order valence-corrected chi connectivity index (χ1v) is 5.44. The fraction of sp³-hybridized carbons (Fsp3) is 0.200. The van der Waals surface area contributed by atoms with Gasteiger partial charge in [-0.15, -0.1) is 12.3 Å². The van der Waals surface area contributed by atoms with Gasteiger partial charge in [0, 0.05) is 4.90 Å². The van der Waals surface area contributed by atoms with Gasteiger partial charge in [0.1, 0.15) is 10.0 Å². The quantitative estimate of drug-likeness (QED) is 0.464. The molecule has 0 bridgehead atoms. The molecule has 0 radical (unpaired) electrons. The normalized spacial score (nSPS) is 10.1. The number of sulfonamides is 1. The molecule has 0 N–H and O–H groups in total. The van der Waals surface area contributed by atoms with Gasteiger partial charge in [-0.2, -0.15) is 0 Å². The summed E-state index contributed by atoms with van der Waals surface area (Å²) in [6.07, 6.45) is 4.93. The van der Waals surface area contributed by atoms with Gasteiger partial charge in [-0.05, 0) is 19.1 Å². The van der Waals surface area contributed by atoms with Gasteiger partial charge in [0.2, 0.25) is 0 Å². The third-order valence-electron chi connectivity index (χ3n) is 1.64. The fourth-order valence-corrected chi connectivity index (χ4v) is 1.78. The van der Waals surface area contributed by atoms with Crippen molar-refractivity contribution in [2.45, 2.75) is 11.8 Å². The van der Waals surface area contributed by atoms with Crippen LogP contribution >= 0.6 is 0 Å². The molecule has 0 fully saturated rings. The molecule has 0 amide bonds. The van der Waals surface area contributed by atoms with E-state index in [0.29, 0.717) is 0 Å². The number of aryl methyl sites for hydroxylation is 1. The molecule has 0 atom stereocenters. The van der Waals surface area contributed by atoms with Crippen LogP contribution in [0.3, 0.4) is 0 Å². The van der Waals surface area contributed by atoms with Crippen molar-refractivity contribution in [3.05, 3.63) is 34.6 Å². The monoisotopic (exact) mass is 215 g/mol. The van der Waals surface area contributed by atoms with Crippen LogP contribution in [0.5, 0.6) is 0 Å². The van der Waals surface area contributed by atoms with E-state index in [1.54, 1.807) is 12.1 Å². The summed E-state index contributed by atoms with van der Waals surface area (Å²) < 4.78 is 26.3. The van der Waals surface area contributed by atoms with Crippen LogP contribution in [0.2, 0.25) is 0 Å². The zero-order chi connectivity index (χ0) is 10.6. The van der Waals surface area contributed by atoms with Crippen LogP contribution in [0.25, 0.3) is 4.72 Å². The van der Waals surface area contributed by atoms with Crippen molar-refractivity contribution in [3.63, 3.8) is 0 Å². The summed E-state index contributed by atoms with van der Waals surface area (Å²) in [5.41, 5.74) is 1.00. The Hall–Kier alpha value is -0.713. The maximum atomic E-state index is 11.4. The Morgan fingerprint density at radius 3 is 2.33 bits per heavy atom. The SMILES string of the molecule is C#CC[N-]S(=O)(=O)c1ccc(C)cc1.[Li+]. The van der Waals surface area contributed by atoms with Gasteiger partial charge < -0.3 is 4.72 Å². The van der Waals surface area contributed by atoms with Crippen LogP contribution in [-0.4, -0.2) is 15.0 Å². The Bertz CT molecular complexity index is 445. The molecule has 0 heterocycles. The third kappa shape index (κ3) is 4.11. The summed E-state index contributed by atoms with van der Waals surface area (Å²) in [6, 6.07) is 6.48. The maximum Gasteiger partial charge on any atom is 1.00 e. The van der Waals surface area contributed by atoms with Gasteiger partial charge >= 0.3 is 18.9 Å². The smallest absolute Gasteiger partial charge is 0.534 e. The average molecular weight is 215 g/mol. The van der Waals surface area contributed by atoms with Gasteiger partial charge in [-0.3, -0.25) is 0 Å². The van der Waals surface area contributed by atoms with Crippen LogP contribution in [0.1, 0.15) is 5.56 Å². The largest absolute Gasteiger partial charge is 1.00 e. The van der Waals surface area contributed by atoms with Crippen molar-refractivity contribution in [1.29, 1.82) is 0 Å². The summed E-state index contributed by atoms with van der Waals surface area (Å²) in [5, 5.41) is 0. The summed E-state index contributed by atoms with van der Waals surface area (Å²) in [4.78, 5) is 0.179. The summed E-state index contributed by atoms with van der Waals surface area (Å²) >= 11 is 0. The van der Waals surface area contributed by atoms with E-state index in [4.69, 9.17) is 6.42 Å². The molecule has 0 aliphatic rings. The number of hydrogen-bond acceptors (Lipinski definition) is 2. The third-order valence-corrected chi connectivity index (χ3v) is 2.98. The minimum absolute atomic E-state index is 0. The Balaban J connectivity index is 0.00000196. The van der Waals surface area contributed by atoms with Crippen LogP contribution in [0.15, 0.2) is 29.2 Å². The number of rotatable bonds is 3. The second kappa shape index (κ2) is 6.00. The van der Waals surface area contributed by atoms with Crippen molar-refractivity contribution in [3.8, 4) is 12.3 Å². The van der Waals surface area contributed by atoms with Crippen LogP contribution in [0, 0.1) is 19.3 Å². The minimum atomic E-state index is -3.56. The molecule has 0 saturated carbocycles. The van der Waals surface area contributed by atoms with Crippen LogP contribution in [0.4, 0.5) is 0 Å². The molecule has 0 aromatic heterocycles. The molecule has 3 nitrogen and oxygen atoms in total. The molecule has 0 aliphatic heterocycles. The Morgan fingerprint density at radius 2 is 1.87 bits per heavy atom. The van der Waals surface area contributed by atoms with Crippen molar-refractivity contribution in [1.82, 2.24) is 0 Å². The molecular weight excluding hydrogens is 205 g/mol. The molecule has 1 aromatic rings. The molecule has 5 heteroatoms. The summed E-state index contributed by atoms with van der Waals surface area (Å²) in [7, 11) is -3.56. The van der Waals surface area contributed by atoms with Gasteiger partial charge in [0.15, 0.2) is 0 Å². The fourth-order valence-electron chi connectivity index (χ4n) is 0.907. The molecule has 0 aliphatic carbocycles. The minimum Gasteiger partial charge on any atom is -0.534 e. The van der Waals surface area contributed by atoms with E-state index in [-0.39, 0.29) is 30.3 Å². The summed E-state index contributed by atoms with van der Waals surface area (Å²) in [5.74, 6) is 2.16. The predicted octanol–water partition coefficient (Wildman–Crippen LogP) is -1.31. The van der Waals surface area contributed by atoms with E-state index in [0.717, 1.165) is 5.56 Å². The second-order valence-electron chi connectivity index (χ2n) is 2.78. The Morgan fingerprint density at radius 1 is 1.33 bits per heavy atom. The number of nitrogens with zero attached hydrogens (tertiary/aromatic N) is 1. The predicted molar refractivity (Wildman–Crippen MR) is 55.4 cm³/mol. The molecule has 0 spiro atoms. The number of benzene rings is 1. The van der Waals surface area contributed by atoms with Crippen LogP contribution in [-0.2, 0) is 10.0 Å². The average Bonchev–Trinajstić information content (AvgIpc) is 2.16. The van der Waals surface area contributed by atoms with E-state index in [1.165, 1.54) is 12.1 Å². The maximum absolute atomic E-state index is 11.4. The molecule has 74 valence electrons. The first-order chi connectivity index (χ1) is 6.56. The second-order valence-corrected chi connectivity index (χ2v) is 4.46. The van der Waals surface area contributed by atoms with Gasteiger partial charge in [0.05, 0.1) is 0 Å². The molecular formula is C10H10LiNO2S. The van der Waals surface area contributed by atoms with Gasteiger partial charge in [0.25, 0.3) is 0 Å². The van der Waals surface area contributed by atoms with Crippen molar-refractivity contribution >= 4 is 10.0 Å². The van der Waals surface area contributed by atoms with Crippen molar-refractivity contribution < 1.29 is 27.3 Å². The van der Waals surface area contributed by atoms with E-state index in [1.807, 2.05) is 6.92 Å². The topological polar surface area (TPSA) is 48.2 Å². The van der Waals surface area contributed by atoms with Crippen molar-refractivity contribution in [2.24, 2.45) is 0 Å². The molecule has 1 rings (SSSR count). The van der Waals surface area contributed by atoms with E-state index >= 15 is 0 Å².